The van der Waals surface area contributed by atoms with Crippen LogP contribution < -0.4 is 0 Å². The van der Waals surface area contributed by atoms with Crippen LogP contribution >= 0.6 is 30.0 Å². The van der Waals surface area contributed by atoms with Gasteiger partial charge in [0.05, 0.1) is 16.8 Å². The van der Waals surface area contributed by atoms with Crippen LogP contribution in [0, 0.1) is 46.8 Å². The molecule has 2 aromatic rings. The molecule has 0 N–H and O–H groups in total. The number of rotatable bonds is 0. The fourth-order valence-electron chi connectivity index (χ4n) is 1.37. The normalized spacial score (nSPS) is 10.1. The van der Waals surface area contributed by atoms with Crippen molar-refractivity contribution in [3.63, 3.8) is 0 Å². The molecular weight excluding hydrogens is 547 g/mol. The maximum absolute atomic E-state index is 13.1. The molecule has 0 saturated heterocycles. The van der Waals surface area contributed by atoms with E-state index in [2.05, 4.69) is 30.0 Å². The second-order valence-electron chi connectivity index (χ2n) is 3.17. The molecule has 0 saturated carbocycles. The van der Waals surface area contributed by atoms with Crippen LogP contribution in [0.3, 0.4) is 0 Å². The van der Waals surface area contributed by atoms with E-state index in [9.17, 15) is 30.7 Å². The minimum absolute atomic E-state index is 0.0650. The summed E-state index contributed by atoms with van der Waals surface area (Å²) < 4.78 is 90.4. The van der Waals surface area contributed by atoms with Crippen molar-refractivity contribution in [1.82, 2.24) is 0 Å². The number of fused-ring (bicyclic) bond motifs is 1. The van der Waals surface area contributed by atoms with Crippen molar-refractivity contribution in [2.75, 3.05) is 0 Å². The number of benzene rings is 2. The summed E-state index contributed by atoms with van der Waals surface area (Å²) in [6.07, 6.45) is 0. The van der Waals surface area contributed by atoms with Gasteiger partial charge in [-0.3, -0.25) is 0 Å². The number of hydrogen-bond acceptors (Lipinski definition) is 0. The minimum atomic E-state index is -2.35. The Morgan fingerprint density at radius 2 is 1.00 bits per heavy atom. The third kappa shape index (κ3) is 3.63. The molecule has 0 bridgehead atoms. The SMILES string of the molecule is Fc1[c]c(F)c2c(F)c(F)c(F)c(F)c2c1F.[I][Ca][I]. The summed E-state index contributed by atoms with van der Waals surface area (Å²) in [4.78, 5) is 0. The summed E-state index contributed by atoms with van der Waals surface area (Å²) in [5.74, 6) is -14.9. The van der Waals surface area contributed by atoms with Gasteiger partial charge in [-0.2, -0.15) is 0 Å². The molecule has 0 aromatic heterocycles. The molecular formula is C10CaF7I2. The number of hydrogen-bond donors (Lipinski definition) is 0. The Labute approximate surface area is 139 Å². The summed E-state index contributed by atoms with van der Waals surface area (Å²) in [5.41, 5.74) is 0. The van der Waals surface area contributed by atoms with Crippen LogP contribution in [0.25, 0.3) is 10.8 Å². The van der Waals surface area contributed by atoms with Gasteiger partial charge in [-0.25, -0.2) is 30.7 Å². The molecule has 105 valence electrons. The Balaban J connectivity index is 0.000000612. The van der Waals surface area contributed by atoms with E-state index in [0.29, 0.717) is 0 Å². The maximum atomic E-state index is 13.1. The molecule has 0 heterocycles. The van der Waals surface area contributed by atoms with Crippen LogP contribution in [-0.4, -0.2) is 23.4 Å². The van der Waals surface area contributed by atoms with Crippen LogP contribution in [0.1, 0.15) is 0 Å². The van der Waals surface area contributed by atoms with E-state index in [1.165, 1.54) is 0 Å². The van der Waals surface area contributed by atoms with Gasteiger partial charge in [0.2, 0.25) is 0 Å². The first-order valence-corrected chi connectivity index (χ1v) is 18.9. The van der Waals surface area contributed by atoms with Crippen molar-refractivity contribution in [3.05, 3.63) is 46.8 Å². The van der Waals surface area contributed by atoms with Gasteiger partial charge in [-0.15, -0.1) is 0 Å². The van der Waals surface area contributed by atoms with E-state index >= 15 is 0 Å². The van der Waals surface area contributed by atoms with Gasteiger partial charge in [-0.1, -0.05) is 0 Å². The average molecular weight is 547 g/mol. The molecule has 20 heavy (non-hydrogen) atoms. The van der Waals surface area contributed by atoms with Crippen molar-refractivity contribution >= 4 is 64.2 Å². The zero-order valence-electron chi connectivity index (χ0n) is 9.11. The third-order valence-electron chi connectivity index (χ3n) is 2.12. The van der Waals surface area contributed by atoms with E-state index in [1.54, 1.807) is 0 Å². The molecule has 0 unspecified atom stereocenters. The molecule has 0 aliphatic heterocycles. The Hall–Kier alpha value is 0.930. The molecule has 0 amide bonds. The standard InChI is InChI=1S/C10F7.Ca.2HI/c11-2-1-3(12)6(13)5-4(2)7(14)9(16)10(17)8(5)15;;;/h;;2*1H/q;+2;;/p-2. The predicted octanol–water partition coefficient (Wildman–Crippen LogP) is 5.00. The van der Waals surface area contributed by atoms with Crippen molar-refractivity contribution in [1.29, 1.82) is 0 Å². The second-order valence-corrected chi connectivity index (χ2v) is 21.8. The van der Waals surface area contributed by atoms with Gasteiger partial charge in [0.25, 0.3) is 0 Å². The first-order chi connectivity index (χ1) is 9.27. The summed E-state index contributed by atoms with van der Waals surface area (Å²) in [5, 5.41) is -3.16. The van der Waals surface area contributed by atoms with Gasteiger partial charge in [0, 0.05) is 0 Å². The molecule has 2 rings (SSSR count). The zero-order valence-corrected chi connectivity index (χ0v) is 15.6. The van der Waals surface area contributed by atoms with Gasteiger partial charge >= 0.3 is 53.4 Å². The zero-order chi connectivity index (χ0) is 15.6. The summed E-state index contributed by atoms with van der Waals surface area (Å²) in [6.45, 7) is 0. The van der Waals surface area contributed by atoms with Crippen LogP contribution in [0.4, 0.5) is 30.7 Å². The van der Waals surface area contributed by atoms with E-state index in [4.69, 9.17) is 0 Å². The first kappa shape index (κ1) is 19.0. The van der Waals surface area contributed by atoms with Crippen LogP contribution in [0.5, 0.6) is 0 Å². The summed E-state index contributed by atoms with van der Waals surface area (Å²) >= 11 is 4.99. The number of halogens is 9. The molecule has 0 nitrogen and oxygen atoms in total. The Kier molecular flexibility index (Phi) is 7.56. The van der Waals surface area contributed by atoms with E-state index in [0.717, 1.165) is 6.07 Å². The quantitative estimate of drug-likeness (QED) is 0.143. The molecule has 2 aromatic carbocycles. The van der Waals surface area contributed by atoms with Crippen molar-refractivity contribution in [3.8, 4) is 0 Å². The molecule has 0 spiro atoms. The average Bonchev–Trinajstić information content (AvgIpc) is 2.38. The second kappa shape index (κ2) is 7.97. The Bertz CT molecular complexity index is 662. The Morgan fingerprint density at radius 1 is 0.600 bits per heavy atom. The Morgan fingerprint density at radius 3 is 1.45 bits per heavy atom. The van der Waals surface area contributed by atoms with Crippen LogP contribution in [0.2, 0.25) is 0 Å². The summed E-state index contributed by atoms with van der Waals surface area (Å²) in [7, 11) is 0. The fourth-order valence-corrected chi connectivity index (χ4v) is 1.37. The van der Waals surface area contributed by atoms with Gasteiger partial charge in [0.15, 0.2) is 34.9 Å². The molecule has 0 fully saturated rings. The van der Waals surface area contributed by atoms with Gasteiger partial charge in [-0.05, 0) is 0 Å². The molecule has 10 heteroatoms. The monoisotopic (exact) mass is 547 g/mol. The van der Waals surface area contributed by atoms with Crippen LogP contribution in [0.15, 0.2) is 0 Å². The first-order valence-electron chi connectivity index (χ1n) is 4.61. The molecule has 0 aliphatic carbocycles. The molecule has 1 radical (unpaired) electrons. The van der Waals surface area contributed by atoms with Crippen molar-refractivity contribution in [2.24, 2.45) is 0 Å². The molecule has 0 atom stereocenters. The summed E-state index contributed by atoms with van der Waals surface area (Å²) in [6, 6.07) is 1.09. The van der Waals surface area contributed by atoms with Crippen molar-refractivity contribution in [2.45, 2.75) is 0 Å². The predicted molar refractivity (Wildman–Crippen MR) is 76.3 cm³/mol. The third-order valence-corrected chi connectivity index (χ3v) is 2.12. The van der Waals surface area contributed by atoms with E-state index < -0.39 is 51.5 Å². The van der Waals surface area contributed by atoms with E-state index in [-0.39, 0.29) is 23.4 Å². The van der Waals surface area contributed by atoms with E-state index in [1.807, 2.05) is 0 Å². The topological polar surface area (TPSA) is 0 Å². The van der Waals surface area contributed by atoms with Gasteiger partial charge in [0.1, 0.15) is 5.82 Å². The van der Waals surface area contributed by atoms with Gasteiger partial charge < -0.3 is 0 Å². The fraction of sp³-hybridized carbons (Fsp3) is 0. The van der Waals surface area contributed by atoms with Crippen molar-refractivity contribution < 1.29 is 30.7 Å². The van der Waals surface area contributed by atoms with Crippen LogP contribution in [-0.2, 0) is 0 Å². The molecule has 0 aliphatic rings.